The van der Waals surface area contributed by atoms with Crippen molar-refractivity contribution in [3.8, 4) is 0 Å². The minimum atomic E-state index is -0.541. The maximum Gasteiger partial charge on any atom is 0.310 e. The van der Waals surface area contributed by atoms with Gasteiger partial charge >= 0.3 is 5.97 Å². The Kier molecular flexibility index (Phi) is 5.75. The normalized spacial score (nSPS) is 10.1. The molecule has 1 aromatic heterocycles. The molecule has 22 heavy (non-hydrogen) atoms. The van der Waals surface area contributed by atoms with Crippen LogP contribution in [-0.4, -0.2) is 23.5 Å². The molecule has 0 aliphatic carbocycles. The SMILES string of the molecule is O=C(COC(=O)Cc1ccccc1Cl)Nc1cccnc1Cl. The Morgan fingerprint density at radius 2 is 1.91 bits per heavy atom. The molecule has 114 valence electrons. The summed E-state index contributed by atoms with van der Waals surface area (Å²) >= 11 is 11.8. The molecule has 0 unspecified atom stereocenters. The first-order valence-electron chi connectivity index (χ1n) is 6.35. The van der Waals surface area contributed by atoms with Crippen molar-refractivity contribution < 1.29 is 14.3 Å². The zero-order chi connectivity index (χ0) is 15.9. The van der Waals surface area contributed by atoms with Gasteiger partial charge in [0.25, 0.3) is 5.91 Å². The molecular formula is C15H12Cl2N2O3. The molecule has 1 aromatic carbocycles. The number of esters is 1. The van der Waals surface area contributed by atoms with Crippen molar-refractivity contribution in [2.45, 2.75) is 6.42 Å². The topological polar surface area (TPSA) is 68.3 Å². The number of anilines is 1. The highest BCUT2D eigenvalue weighted by Crippen LogP contribution is 2.17. The van der Waals surface area contributed by atoms with Gasteiger partial charge in [-0.15, -0.1) is 0 Å². The zero-order valence-corrected chi connectivity index (χ0v) is 12.9. The standard InChI is InChI=1S/C15H12Cl2N2O3/c16-11-5-2-1-4-10(11)8-14(21)22-9-13(20)19-12-6-3-7-18-15(12)17/h1-7H,8-9H2,(H,19,20). The third-order valence-electron chi connectivity index (χ3n) is 2.69. The summed E-state index contributed by atoms with van der Waals surface area (Å²) in [4.78, 5) is 27.2. The largest absolute Gasteiger partial charge is 0.455 e. The fraction of sp³-hybridized carbons (Fsp3) is 0.133. The number of hydrogen-bond donors (Lipinski definition) is 1. The van der Waals surface area contributed by atoms with Crippen LogP contribution in [0.15, 0.2) is 42.6 Å². The van der Waals surface area contributed by atoms with Crippen LogP contribution < -0.4 is 5.32 Å². The van der Waals surface area contributed by atoms with Crippen LogP contribution in [0.4, 0.5) is 5.69 Å². The molecule has 0 saturated heterocycles. The van der Waals surface area contributed by atoms with Crippen LogP contribution in [0.3, 0.4) is 0 Å². The second kappa shape index (κ2) is 7.77. The van der Waals surface area contributed by atoms with Gasteiger partial charge in [0.15, 0.2) is 11.8 Å². The van der Waals surface area contributed by atoms with Gasteiger partial charge in [0.1, 0.15) is 0 Å². The highest BCUT2D eigenvalue weighted by Gasteiger charge is 2.11. The smallest absolute Gasteiger partial charge is 0.310 e. The lowest BCUT2D eigenvalue weighted by Crippen LogP contribution is -2.22. The number of carbonyl (C=O) groups is 2. The minimum Gasteiger partial charge on any atom is -0.455 e. The fourth-order valence-corrected chi connectivity index (χ4v) is 2.03. The average Bonchev–Trinajstić information content (AvgIpc) is 2.50. The van der Waals surface area contributed by atoms with Crippen LogP contribution in [0.5, 0.6) is 0 Å². The Labute approximate surface area is 137 Å². The van der Waals surface area contributed by atoms with Crippen LogP contribution in [0.25, 0.3) is 0 Å². The second-order valence-electron chi connectivity index (χ2n) is 4.32. The van der Waals surface area contributed by atoms with Gasteiger partial charge in [0.2, 0.25) is 0 Å². The first-order valence-corrected chi connectivity index (χ1v) is 7.11. The number of carbonyl (C=O) groups excluding carboxylic acids is 2. The van der Waals surface area contributed by atoms with E-state index in [1.807, 2.05) is 0 Å². The number of nitrogens with one attached hydrogen (secondary N) is 1. The minimum absolute atomic E-state index is 0.000597. The number of benzene rings is 1. The highest BCUT2D eigenvalue weighted by molar-refractivity contribution is 6.32. The van der Waals surface area contributed by atoms with E-state index < -0.39 is 18.5 Å². The molecule has 1 amide bonds. The van der Waals surface area contributed by atoms with Crippen molar-refractivity contribution in [1.29, 1.82) is 0 Å². The van der Waals surface area contributed by atoms with Gasteiger partial charge in [-0.25, -0.2) is 4.98 Å². The predicted octanol–water partition coefficient (Wildman–Crippen LogP) is 3.11. The quantitative estimate of drug-likeness (QED) is 0.671. The van der Waals surface area contributed by atoms with Gasteiger partial charge in [-0.2, -0.15) is 0 Å². The monoisotopic (exact) mass is 338 g/mol. The summed E-state index contributed by atoms with van der Waals surface area (Å²) in [5.74, 6) is -1.04. The van der Waals surface area contributed by atoms with Gasteiger partial charge in [0, 0.05) is 11.2 Å². The molecule has 0 saturated carbocycles. The maximum atomic E-state index is 11.7. The number of ether oxygens (including phenoxy) is 1. The van der Waals surface area contributed by atoms with E-state index in [1.165, 1.54) is 6.20 Å². The summed E-state index contributed by atoms with van der Waals surface area (Å²) in [7, 11) is 0. The molecule has 0 fully saturated rings. The van der Waals surface area contributed by atoms with Crippen LogP contribution in [0, 0.1) is 0 Å². The number of nitrogens with zero attached hydrogens (tertiary/aromatic N) is 1. The Morgan fingerprint density at radius 1 is 1.14 bits per heavy atom. The molecule has 1 heterocycles. The first kappa shape index (κ1) is 16.3. The lowest BCUT2D eigenvalue weighted by molar-refractivity contribution is -0.146. The average molecular weight is 339 g/mol. The highest BCUT2D eigenvalue weighted by atomic mass is 35.5. The summed E-state index contributed by atoms with van der Waals surface area (Å²) in [5, 5.41) is 3.15. The van der Waals surface area contributed by atoms with Crippen molar-refractivity contribution >= 4 is 40.8 Å². The van der Waals surface area contributed by atoms with E-state index in [0.717, 1.165) is 0 Å². The summed E-state index contributed by atoms with van der Waals surface area (Å²) in [6, 6.07) is 10.2. The molecule has 0 atom stereocenters. The van der Waals surface area contributed by atoms with Crippen molar-refractivity contribution in [2.75, 3.05) is 11.9 Å². The molecule has 2 rings (SSSR count). The molecule has 1 N–H and O–H groups in total. The predicted molar refractivity (Wildman–Crippen MR) is 84.0 cm³/mol. The molecule has 0 bridgehead atoms. The van der Waals surface area contributed by atoms with Crippen molar-refractivity contribution in [2.24, 2.45) is 0 Å². The van der Waals surface area contributed by atoms with E-state index in [1.54, 1.807) is 36.4 Å². The Balaban J connectivity index is 1.82. The van der Waals surface area contributed by atoms with Gasteiger partial charge in [-0.1, -0.05) is 41.4 Å². The Bertz CT molecular complexity index is 632. The third-order valence-corrected chi connectivity index (χ3v) is 3.36. The molecule has 0 radical (unpaired) electrons. The van der Waals surface area contributed by atoms with E-state index in [9.17, 15) is 9.59 Å². The Hall–Kier alpha value is -2.11. The lowest BCUT2D eigenvalue weighted by Gasteiger charge is -2.08. The van der Waals surface area contributed by atoms with E-state index in [4.69, 9.17) is 27.9 Å². The summed E-state index contributed by atoms with van der Waals surface area (Å²) in [6.45, 7) is -0.408. The number of hydrogen-bond acceptors (Lipinski definition) is 4. The number of aromatic nitrogens is 1. The van der Waals surface area contributed by atoms with Gasteiger partial charge < -0.3 is 10.1 Å². The maximum absolute atomic E-state index is 11.7. The first-order chi connectivity index (χ1) is 10.6. The Morgan fingerprint density at radius 3 is 2.64 bits per heavy atom. The van der Waals surface area contributed by atoms with E-state index in [0.29, 0.717) is 16.3 Å². The van der Waals surface area contributed by atoms with Crippen molar-refractivity contribution in [3.63, 3.8) is 0 Å². The molecule has 2 aromatic rings. The second-order valence-corrected chi connectivity index (χ2v) is 5.08. The van der Waals surface area contributed by atoms with Crippen LogP contribution in [0.2, 0.25) is 10.2 Å². The number of pyridine rings is 1. The van der Waals surface area contributed by atoms with Gasteiger partial charge in [0.05, 0.1) is 12.1 Å². The van der Waals surface area contributed by atoms with Crippen molar-refractivity contribution in [1.82, 2.24) is 4.98 Å². The lowest BCUT2D eigenvalue weighted by atomic mass is 10.1. The van der Waals surface area contributed by atoms with E-state index >= 15 is 0 Å². The van der Waals surface area contributed by atoms with Crippen LogP contribution in [0.1, 0.15) is 5.56 Å². The molecule has 0 spiro atoms. The third kappa shape index (κ3) is 4.72. The zero-order valence-electron chi connectivity index (χ0n) is 11.4. The fourth-order valence-electron chi connectivity index (χ4n) is 1.66. The summed E-state index contributed by atoms with van der Waals surface area (Å²) < 4.78 is 4.90. The van der Waals surface area contributed by atoms with Crippen LogP contribution in [-0.2, 0) is 20.7 Å². The van der Waals surface area contributed by atoms with Gasteiger partial charge in [-0.3, -0.25) is 9.59 Å². The number of rotatable bonds is 5. The van der Waals surface area contributed by atoms with Gasteiger partial charge in [-0.05, 0) is 23.8 Å². The number of amides is 1. The molecule has 7 heteroatoms. The number of halogens is 2. The summed E-state index contributed by atoms with van der Waals surface area (Å²) in [5.41, 5.74) is 1.00. The van der Waals surface area contributed by atoms with E-state index in [2.05, 4.69) is 10.3 Å². The molecule has 5 nitrogen and oxygen atoms in total. The molecule has 0 aliphatic rings. The van der Waals surface area contributed by atoms with Crippen LogP contribution >= 0.6 is 23.2 Å². The van der Waals surface area contributed by atoms with Crippen molar-refractivity contribution in [3.05, 3.63) is 58.3 Å². The molecule has 0 aliphatic heterocycles. The van der Waals surface area contributed by atoms with E-state index in [-0.39, 0.29) is 11.6 Å². The summed E-state index contributed by atoms with van der Waals surface area (Å²) in [6.07, 6.45) is 1.50. The molecular weight excluding hydrogens is 327 g/mol.